The number of rotatable bonds is 1. The predicted octanol–water partition coefficient (Wildman–Crippen LogP) is 1.08. The Morgan fingerprint density at radius 1 is 1.46 bits per heavy atom. The van der Waals surface area contributed by atoms with Gasteiger partial charge in [0.2, 0.25) is 0 Å². The minimum Gasteiger partial charge on any atom is -0.395 e. The molecule has 0 spiro atoms. The molecule has 4 heteroatoms. The largest absolute Gasteiger partial charge is 0.395 e. The molecule has 0 atom stereocenters. The van der Waals surface area contributed by atoms with Crippen molar-refractivity contribution in [1.82, 2.24) is 4.98 Å². The molecule has 4 nitrogen and oxygen atoms in total. The number of nitrogens with zero attached hydrogens (tertiary/aromatic N) is 3. The molecule has 0 saturated heterocycles. The normalized spacial score (nSPS) is 14.5. The average Bonchev–Trinajstić information content (AvgIpc) is 2.71. The first-order chi connectivity index (χ1) is 6.40. The minimum atomic E-state index is 0.559. The van der Waals surface area contributed by atoms with Crippen LogP contribution in [0.4, 0.5) is 0 Å². The Morgan fingerprint density at radius 3 is 2.92 bits per heavy atom. The summed E-state index contributed by atoms with van der Waals surface area (Å²) >= 11 is 0. The standard InChI is InChI=1S/C9H7N3O/c10-5-7-1-2-8(11-6-7)9-3-4-13-12-9/h1-2,6H,3-4H2. The second-order valence-electron chi connectivity index (χ2n) is 2.67. The van der Waals surface area contributed by atoms with Gasteiger partial charge < -0.3 is 4.84 Å². The zero-order valence-electron chi connectivity index (χ0n) is 6.90. The van der Waals surface area contributed by atoms with E-state index in [0.717, 1.165) is 17.8 Å². The summed E-state index contributed by atoms with van der Waals surface area (Å²) in [5, 5.41) is 12.4. The van der Waals surface area contributed by atoms with Crippen molar-refractivity contribution in [2.24, 2.45) is 5.16 Å². The molecule has 2 rings (SSSR count). The van der Waals surface area contributed by atoms with E-state index >= 15 is 0 Å². The smallest absolute Gasteiger partial charge is 0.122 e. The maximum absolute atomic E-state index is 8.55. The van der Waals surface area contributed by atoms with Crippen molar-refractivity contribution >= 4 is 5.71 Å². The van der Waals surface area contributed by atoms with Crippen molar-refractivity contribution in [2.75, 3.05) is 6.61 Å². The number of aromatic nitrogens is 1. The Labute approximate surface area is 75.5 Å². The molecular weight excluding hydrogens is 166 g/mol. The maximum Gasteiger partial charge on any atom is 0.122 e. The molecular formula is C9H7N3O. The van der Waals surface area contributed by atoms with E-state index < -0.39 is 0 Å². The highest BCUT2D eigenvalue weighted by Crippen LogP contribution is 2.08. The molecule has 0 bridgehead atoms. The third-order valence-corrected chi connectivity index (χ3v) is 1.79. The van der Waals surface area contributed by atoms with Gasteiger partial charge in [-0.15, -0.1) is 0 Å². The number of hydrogen-bond acceptors (Lipinski definition) is 4. The summed E-state index contributed by atoms with van der Waals surface area (Å²) in [6.07, 6.45) is 2.33. The van der Waals surface area contributed by atoms with Gasteiger partial charge in [-0.2, -0.15) is 5.26 Å². The summed E-state index contributed by atoms with van der Waals surface area (Å²) in [4.78, 5) is 8.95. The van der Waals surface area contributed by atoms with Crippen LogP contribution >= 0.6 is 0 Å². The van der Waals surface area contributed by atoms with E-state index in [0.29, 0.717) is 12.2 Å². The molecule has 0 N–H and O–H groups in total. The number of nitriles is 1. The molecule has 0 aromatic carbocycles. The van der Waals surface area contributed by atoms with E-state index in [4.69, 9.17) is 10.1 Å². The van der Waals surface area contributed by atoms with Crippen molar-refractivity contribution in [3.8, 4) is 6.07 Å². The highest BCUT2D eigenvalue weighted by atomic mass is 16.6. The molecule has 0 aliphatic carbocycles. The minimum absolute atomic E-state index is 0.559. The van der Waals surface area contributed by atoms with Gasteiger partial charge in [-0.05, 0) is 12.1 Å². The van der Waals surface area contributed by atoms with Crippen LogP contribution in [0.1, 0.15) is 17.7 Å². The first-order valence-corrected chi connectivity index (χ1v) is 3.95. The van der Waals surface area contributed by atoms with E-state index in [2.05, 4.69) is 10.1 Å². The molecule has 0 saturated carbocycles. The summed E-state index contributed by atoms with van der Waals surface area (Å²) in [6.45, 7) is 0.622. The van der Waals surface area contributed by atoms with Crippen molar-refractivity contribution in [1.29, 1.82) is 5.26 Å². The molecule has 1 aliphatic rings. The maximum atomic E-state index is 8.55. The van der Waals surface area contributed by atoms with Gasteiger partial charge in [-0.1, -0.05) is 5.16 Å². The van der Waals surface area contributed by atoms with Gasteiger partial charge in [-0.25, -0.2) is 0 Å². The van der Waals surface area contributed by atoms with Crippen molar-refractivity contribution in [3.05, 3.63) is 29.6 Å². The van der Waals surface area contributed by atoms with Gasteiger partial charge in [0.25, 0.3) is 0 Å². The summed E-state index contributed by atoms with van der Waals surface area (Å²) in [5.41, 5.74) is 2.20. The Morgan fingerprint density at radius 2 is 2.38 bits per heavy atom. The van der Waals surface area contributed by atoms with Crippen LogP contribution in [0.25, 0.3) is 0 Å². The van der Waals surface area contributed by atoms with Gasteiger partial charge in [0, 0.05) is 12.6 Å². The lowest BCUT2D eigenvalue weighted by molar-refractivity contribution is 0.174. The molecule has 0 unspecified atom stereocenters. The fourth-order valence-corrected chi connectivity index (χ4v) is 1.12. The zero-order valence-corrected chi connectivity index (χ0v) is 6.90. The SMILES string of the molecule is N#Cc1ccc(C2=NOCC2)nc1. The van der Waals surface area contributed by atoms with E-state index in [-0.39, 0.29) is 0 Å². The van der Waals surface area contributed by atoms with E-state index in [1.165, 1.54) is 6.20 Å². The first-order valence-electron chi connectivity index (χ1n) is 3.95. The molecule has 2 heterocycles. The fourth-order valence-electron chi connectivity index (χ4n) is 1.12. The second-order valence-corrected chi connectivity index (χ2v) is 2.67. The van der Waals surface area contributed by atoms with Crippen LogP contribution in [0.15, 0.2) is 23.5 Å². The van der Waals surface area contributed by atoms with Crippen LogP contribution in [0, 0.1) is 11.3 Å². The molecule has 1 aromatic heterocycles. The lowest BCUT2D eigenvalue weighted by atomic mass is 10.2. The molecule has 0 fully saturated rings. The van der Waals surface area contributed by atoms with Crippen molar-refractivity contribution in [3.63, 3.8) is 0 Å². The number of hydrogen-bond donors (Lipinski definition) is 0. The lowest BCUT2D eigenvalue weighted by Gasteiger charge is -1.95. The van der Waals surface area contributed by atoms with Crippen LogP contribution in [0.5, 0.6) is 0 Å². The molecule has 0 radical (unpaired) electrons. The lowest BCUT2D eigenvalue weighted by Crippen LogP contribution is -2.00. The van der Waals surface area contributed by atoms with E-state index in [1.54, 1.807) is 12.1 Å². The summed E-state index contributed by atoms with van der Waals surface area (Å²) in [5.74, 6) is 0. The molecule has 1 aliphatic heterocycles. The molecule has 0 amide bonds. The van der Waals surface area contributed by atoms with E-state index in [1.807, 2.05) is 6.07 Å². The van der Waals surface area contributed by atoms with E-state index in [9.17, 15) is 0 Å². The topological polar surface area (TPSA) is 58.3 Å². The van der Waals surface area contributed by atoms with Crippen molar-refractivity contribution < 1.29 is 4.84 Å². The molecule has 64 valence electrons. The van der Waals surface area contributed by atoms with Gasteiger partial charge in [0.05, 0.1) is 11.3 Å². The summed E-state index contributed by atoms with van der Waals surface area (Å²) < 4.78 is 0. The van der Waals surface area contributed by atoms with Gasteiger partial charge in [0.1, 0.15) is 18.4 Å². The van der Waals surface area contributed by atoms with Crippen LogP contribution in [0.2, 0.25) is 0 Å². The van der Waals surface area contributed by atoms with Gasteiger partial charge in [-0.3, -0.25) is 4.98 Å². The van der Waals surface area contributed by atoms with Crippen LogP contribution in [0.3, 0.4) is 0 Å². The Kier molecular flexibility index (Phi) is 1.93. The summed E-state index contributed by atoms with van der Waals surface area (Å²) in [7, 11) is 0. The third-order valence-electron chi connectivity index (χ3n) is 1.79. The van der Waals surface area contributed by atoms with Crippen LogP contribution < -0.4 is 0 Å². The third kappa shape index (κ3) is 1.49. The van der Waals surface area contributed by atoms with Crippen LogP contribution in [-0.4, -0.2) is 17.3 Å². The van der Waals surface area contributed by atoms with Crippen LogP contribution in [-0.2, 0) is 4.84 Å². The first kappa shape index (κ1) is 7.74. The number of pyridine rings is 1. The predicted molar refractivity (Wildman–Crippen MR) is 46.1 cm³/mol. The monoisotopic (exact) mass is 173 g/mol. The van der Waals surface area contributed by atoms with Gasteiger partial charge in [0.15, 0.2) is 0 Å². The second kappa shape index (κ2) is 3.23. The number of oxime groups is 1. The molecule has 13 heavy (non-hydrogen) atoms. The highest BCUT2D eigenvalue weighted by Gasteiger charge is 2.11. The van der Waals surface area contributed by atoms with Crippen molar-refractivity contribution in [2.45, 2.75) is 6.42 Å². The Balaban J connectivity index is 2.28. The Hall–Kier alpha value is -1.89. The zero-order chi connectivity index (χ0) is 9.10. The van der Waals surface area contributed by atoms with Gasteiger partial charge >= 0.3 is 0 Å². The quantitative estimate of drug-likeness (QED) is 0.638. The molecule has 1 aromatic rings. The summed E-state index contributed by atoms with van der Waals surface area (Å²) in [6, 6.07) is 5.52. The fraction of sp³-hybridized carbons (Fsp3) is 0.222. The highest BCUT2D eigenvalue weighted by molar-refractivity contribution is 5.99. The Bertz CT molecular complexity index is 375. The average molecular weight is 173 g/mol.